The molecule has 0 aliphatic heterocycles. The maximum atomic E-state index is 13.0. The number of aryl methyl sites for hydroxylation is 1. The summed E-state index contributed by atoms with van der Waals surface area (Å²) < 4.78 is 13.0. The van der Waals surface area contributed by atoms with E-state index in [1.54, 1.807) is 17.4 Å². The summed E-state index contributed by atoms with van der Waals surface area (Å²) in [5.74, 6) is -0.283. The summed E-state index contributed by atoms with van der Waals surface area (Å²) >= 11 is 7.63. The fraction of sp³-hybridized carbons (Fsp3) is 0.167. The maximum Gasteiger partial charge on any atom is 0.125 e. The molecule has 4 heteroatoms. The molecule has 1 aromatic heterocycles. The predicted molar refractivity (Wildman–Crippen MR) is 67.8 cm³/mol. The molecular weight excluding hydrogens is 245 g/mol. The van der Waals surface area contributed by atoms with Crippen molar-refractivity contribution >= 4 is 28.6 Å². The third kappa shape index (κ3) is 2.54. The minimum Gasteiger partial charge on any atom is -0.379 e. The van der Waals surface area contributed by atoms with E-state index >= 15 is 0 Å². The van der Waals surface area contributed by atoms with Crippen molar-refractivity contribution in [3.63, 3.8) is 0 Å². The van der Waals surface area contributed by atoms with Crippen LogP contribution in [0.15, 0.2) is 29.6 Å². The van der Waals surface area contributed by atoms with Crippen LogP contribution in [0.25, 0.3) is 0 Å². The van der Waals surface area contributed by atoms with Crippen molar-refractivity contribution in [1.29, 1.82) is 0 Å². The van der Waals surface area contributed by atoms with Crippen molar-refractivity contribution in [3.8, 4) is 0 Å². The minimum atomic E-state index is -0.283. The van der Waals surface area contributed by atoms with Gasteiger partial charge in [0.25, 0.3) is 0 Å². The fourth-order valence-corrected chi connectivity index (χ4v) is 2.42. The van der Waals surface area contributed by atoms with Gasteiger partial charge in [0.05, 0.1) is 10.7 Å². The first-order chi connectivity index (χ1) is 7.66. The van der Waals surface area contributed by atoms with Gasteiger partial charge in [0.1, 0.15) is 5.82 Å². The summed E-state index contributed by atoms with van der Waals surface area (Å²) in [5.41, 5.74) is 1.87. The molecule has 2 rings (SSSR count). The first-order valence-electron chi connectivity index (χ1n) is 4.88. The first kappa shape index (κ1) is 11.4. The molecule has 0 saturated heterocycles. The summed E-state index contributed by atoms with van der Waals surface area (Å²) in [7, 11) is 0. The molecule has 0 bridgehead atoms. The molecule has 2 aromatic rings. The lowest BCUT2D eigenvalue weighted by atomic mass is 10.2. The SMILES string of the molecule is Cc1ccsc1CNc1cc(F)ccc1Cl. The number of hydrogen-bond acceptors (Lipinski definition) is 2. The highest BCUT2D eigenvalue weighted by atomic mass is 35.5. The van der Waals surface area contributed by atoms with Crippen LogP contribution in [0.1, 0.15) is 10.4 Å². The van der Waals surface area contributed by atoms with Gasteiger partial charge in [-0.1, -0.05) is 11.6 Å². The predicted octanol–water partition coefficient (Wildman–Crippen LogP) is 4.46. The van der Waals surface area contributed by atoms with Gasteiger partial charge in [0.2, 0.25) is 0 Å². The van der Waals surface area contributed by atoms with E-state index < -0.39 is 0 Å². The van der Waals surface area contributed by atoms with Gasteiger partial charge in [-0.3, -0.25) is 0 Å². The Balaban J connectivity index is 2.10. The van der Waals surface area contributed by atoms with Crippen LogP contribution in [-0.4, -0.2) is 0 Å². The van der Waals surface area contributed by atoms with E-state index in [1.807, 2.05) is 5.38 Å². The molecule has 1 aromatic carbocycles. The van der Waals surface area contributed by atoms with Crippen LogP contribution < -0.4 is 5.32 Å². The second-order valence-electron chi connectivity index (χ2n) is 3.50. The third-order valence-corrected chi connectivity index (χ3v) is 3.69. The summed E-state index contributed by atoms with van der Waals surface area (Å²) in [6.45, 7) is 2.73. The molecule has 0 spiro atoms. The standard InChI is InChI=1S/C12H11ClFNS/c1-8-4-5-16-12(8)7-15-11-6-9(14)2-3-10(11)13/h2-6,15H,7H2,1H3. The largest absolute Gasteiger partial charge is 0.379 e. The number of rotatable bonds is 3. The molecule has 84 valence electrons. The molecule has 0 amide bonds. The lowest BCUT2D eigenvalue weighted by Crippen LogP contribution is -1.99. The minimum absolute atomic E-state index is 0.283. The van der Waals surface area contributed by atoms with Crippen LogP contribution in [0.2, 0.25) is 5.02 Å². The van der Waals surface area contributed by atoms with Crippen LogP contribution in [0.4, 0.5) is 10.1 Å². The van der Waals surface area contributed by atoms with Crippen LogP contribution in [-0.2, 0) is 6.54 Å². The molecular formula is C12H11ClFNS. The zero-order chi connectivity index (χ0) is 11.5. The first-order valence-corrected chi connectivity index (χ1v) is 6.14. The Labute approximate surface area is 103 Å². The van der Waals surface area contributed by atoms with E-state index in [9.17, 15) is 4.39 Å². The van der Waals surface area contributed by atoms with Crippen molar-refractivity contribution in [1.82, 2.24) is 0 Å². The highest BCUT2D eigenvalue weighted by molar-refractivity contribution is 7.10. The molecule has 0 fully saturated rings. The Kier molecular flexibility index (Phi) is 3.46. The van der Waals surface area contributed by atoms with Gasteiger partial charge in [-0.2, -0.15) is 0 Å². The summed E-state index contributed by atoms with van der Waals surface area (Å²) in [6, 6.07) is 6.38. The number of benzene rings is 1. The van der Waals surface area contributed by atoms with Gasteiger partial charge in [-0.15, -0.1) is 11.3 Å². The summed E-state index contributed by atoms with van der Waals surface area (Å²) in [5, 5.41) is 5.71. The van der Waals surface area contributed by atoms with Crippen molar-refractivity contribution < 1.29 is 4.39 Å². The number of thiophene rings is 1. The summed E-state index contributed by atoms with van der Waals surface area (Å²) in [4.78, 5) is 1.24. The molecule has 0 radical (unpaired) electrons. The lowest BCUT2D eigenvalue weighted by molar-refractivity contribution is 0.628. The molecule has 0 aliphatic rings. The van der Waals surface area contributed by atoms with Crippen LogP contribution in [0.5, 0.6) is 0 Å². The highest BCUT2D eigenvalue weighted by Crippen LogP contribution is 2.24. The lowest BCUT2D eigenvalue weighted by Gasteiger charge is -2.07. The topological polar surface area (TPSA) is 12.0 Å². The average molecular weight is 256 g/mol. The highest BCUT2D eigenvalue weighted by Gasteiger charge is 2.03. The van der Waals surface area contributed by atoms with Crippen molar-refractivity contribution in [2.45, 2.75) is 13.5 Å². The van der Waals surface area contributed by atoms with E-state index in [1.165, 1.54) is 22.6 Å². The van der Waals surface area contributed by atoms with E-state index in [0.717, 1.165) is 0 Å². The van der Waals surface area contributed by atoms with Crippen molar-refractivity contribution in [2.75, 3.05) is 5.32 Å². The molecule has 0 saturated carbocycles. The smallest absolute Gasteiger partial charge is 0.125 e. The van der Waals surface area contributed by atoms with Crippen molar-refractivity contribution in [3.05, 3.63) is 50.9 Å². The van der Waals surface area contributed by atoms with E-state index in [2.05, 4.69) is 18.3 Å². The third-order valence-electron chi connectivity index (χ3n) is 2.34. The monoisotopic (exact) mass is 255 g/mol. The fourth-order valence-electron chi connectivity index (χ4n) is 1.39. The molecule has 0 unspecified atom stereocenters. The zero-order valence-corrected chi connectivity index (χ0v) is 10.3. The van der Waals surface area contributed by atoms with E-state index in [4.69, 9.17) is 11.6 Å². The molecule has 1 N–H and O–H groups in total. The quantitative estimate of drug-likeness (QED) is 0.854. The molecule has 0 atom stereocenters. The zero-order valence-electron chi connectivity index (χ0n) is 8.76. The van der Waals surface area contributed by atoms with Crippen molar-refractivity contribution in [2.24, 2.45) is 0 Å². The van der Waals surface area contributed by atoms with E-state index in [-0.39, 0.29) is 5.82 Å². The van der Waals surface area contributed by atoms with Crippen LogP contribution in [0, 0.1) is 12.7 Å². The van der Waals surface area contributed by atoms with Gasteiger partial charge in [0, 0.05) is 11.4 Å². The normalized spacial score (nSPS) is 10.4. The number of hydrogen-bond donors (Lipinski definition) is 1. The van der Waals surface area contributed by atoms with Gasteiger partial charge < -0.3 is 5.32 Å². The van der Waals surface area contributed by atoms with Gasteiger partial charge in [-0.25, -0.2) is 4.39 Å². The average Bonchev–Trinajstić information content (AvgIpc) is 2.66. The van der Waals surface area contributed by atoms with Crippen LogP contribution in [0.3, 0.4) is 0 Å². The van der Waals surface area contributed by atoms with Gasteiger partial charge in [-0.05, 0) is 42.1 Å². The maximum absolute atomic E-state index is 13.0. The second-order valence-corrected chi connectivity index (χ2v) is 4.91. The molecule has 0 aliphatic carbocycles. The van der Waals surface area contributed by atoms with Gasteiger partial charge >= 0.3 is 0 Å². The Hall–Kier alpha value is -1.06. The van der Waals surface area contributed by atoms with E-state index in [0.29, 0.717) is 17.3 Å². The Morgan fingerprint density at radius 3 is 2.88 bits per heavy atom. The second kappa shape index (κ2) is 4.85. The molecule has 16 heavy (non-hydrogen) atoms. The van der Waals surface area contributed by atoms with Crippen LogP contribution >= 0.6 is 22.9 Å². The number of anilines is 1. The van der Waals surface area contributed by atoms with Gasteiger partial charge in [0.15, 0.2) is 0 Å². The Morgan fingerprint density at radius 2 is 2.19 bits per heavy atom. The molecule has 1 heterocycles. The Morgan fingerprint density at radius 1 is 1.38 bits per heavy atom. The Bertz CT molecular complexity index is 496. The number of halogens is 2. The molecule has 1 nitrogen and oxygen atoms in total. The summed E-state index contributed by atoms with van der Waals surface area (Å²) in [6.07, 6.45) is 0. The number of nitrogens with one attached hydrogen (secondary N) is 1.